The highest BCUT2D eigenvalue weighted by atomic mass is 16.7. The maximum absolute atomic E-state index is 13.5. The highest BCUT2D eigenvalue weighted by molar-refractivity contribution is 6.05. The number of methoxy groups -OCH3 is 1. The predicted molar refractivity (Wildman–Crippen MR) is 123 cm³/mol. The van der Waals surface area contributed by atoms with Gasteiger partial charge in [-0.2, -0.15) is 0 Å². The first kappa shape index (κ1) is 20.5. The Hall–Kier alpha value is -3.35. The van der Waals surface area contributed by atoms with Gasteiger partial charge in [-0.25, -0.2) is 4.98 Å². The van der Waals surface area contributed by atoms with Gasteiger partial charge < -0.3 is 19.0 Å². The van der Waals surface area contributed by atoms with Crippen LogP contribution in [0, 0.1) is 0 Å². The first-order chi connectivity index (χ1) is 15.5. The summed E-state index contributed by atoms with van der Waals surface area (Å²) in [5.41, 5.74) is 2.86. The van der Waals surface area contributed by atoms with E-state index in [1.807, 2.05) is 54.3 Å². The lowest BCUT2D eigenvalue weighted by atomic mass is 9.91. The molecule has 0 aliphatic carbocycles. The average molecular weight is 433 g/mol. The van der Waals surface area contributed by atoms with Gasteiger partial charge in [-0.1, -0.05) is 17.3 Å². The van der Waals surface area contributed by atoms with Crippen LogP contribution in [0.1, 0.15) is 43.5 Å². The molecule has 0 N–H and O–H groups in total. The molecule has 1 amide bonds. The van der Waals surface area contributed by atoms with E-state index in [0.29, 0.717) is 13.0 Å². The quantitative estimate of drug-likeness (QED) is 0.628. The number of imidazole rings is 1. The normalized spacial score (nSPS) is 23.2. The number of oxime groups is 1. The van der Waals surface area contributed by atoms with Crippen molar-refractivity contribution < 1.29 is 14.4 Å². The number of aryl methyl sites for hydroxylation is 1. The van der Waals surface area contributed by atoms with Crippen molar-refractivity contribution in [2.45, 2.75) is 37.7 Å². The van der Waals surface area contributed by atoms with E-state index in [4.69, 9.17) is 14.6 Å². The van der Waals surface area contributed by atoms with Crippen LogP contribution in [0.2, 0.25) is 0 Å². The molecule has 2 aliphatic heterocycles. The molecule has 166 valence electrons. The minimum atomic E-state index is -0.983. The number of piperidine rings is 1. The summed E-state index contributed by atoms with van der Waals surface area (Å²) in [6.45, 7) is 3.22. The molecule has 0 bridgehead atoms. The number of amides is 1. The number of carbonyl (C=O) groups excluding carboxylic acids is 1. The van der Waals surface area contributed by atoms with Gasteiger partial charge in [0.25, 0.3) is 5.91 Å². The molecular weight excluding hydrogens is 404 g/mol. The van der Waals surface area contributed by atoms with Gasteiger partial charge in [0, 0.05) is 32.5 Å². The van der Waals surface area contributed by atoms with Crippen molar-refractivity contribution in [3.8, 4) is 5.75 Å². The second-order valence-corrected chi connectivity index (χ2v) is 8.87. The summed E-state index contributed by atoms with van der Waals surface area (Å²) >= 11 is 0. The number of rotatable bonds is 4. The number of hydrogen-bond acceptors (Lipinski definition) is 5. The number of hydrogen-bond donors (Lipinski definition) is 0. The topological polar surface area (TPSA) is 69.0 Å². The third-order valence-corrected chi connectivity index (χ3v) is 6.63. The molecule has 0 spiro atoms. The van der Waals surface area contributed by atoms with Gasteiger partial charge in [0.1, 0.15) is 11.6 Å². The zero-order chi connectivity index (χ0) is 22.3. The Labute approximate surface area is 187 Å². The lowest BCUT2D eigenvalue weighted by Crippen LogP contribution is -2.50. The van der Waals surface area contributed by atoms with E-state index in [0.717, 1.165) is 53.3 Å². The maximum Gasteiger partial charge on any atom is 0.269 e. The molecule has 7 nitrogen and oxygen atoms in total. The van der Waals surface area contributed by atoms with E-state index >= 15 is 0 Å². The van der Waals surface area contributed by atoms with Crippen LogP contribution in [0.5, 0.6) is 5.75 Å². The third kappa shape index (κ3) is 3.51. The highest BCUT2D eigenvalue weighted by Gasteiger charge is 2.45. The second kappa shape index (κ2) is 7.97. The summed E-state index contributed by atoms with van der Waals surface area (Å²) in [5.74, 6) is 2.02. The van der Waals surface area contributed by atoms with Crippen molar-refractivity contribution in [3.63, 3.8) is 0 Å². The lowest BCUT2D eigenvalue weighted by Gasteiger charge is -2.36. The van der Waals surface area contributed by atoms with E-state index in [1.165, 1.54) is 0 Å². The van der Waals surface area contributed by atoms with Gasteiger partial charge >= 0.3 is 0 Å². The highest BCUT2D eigenvalue weighted by Crippen LogP contribution is 2.33. The number of carbonyl (C=O) groups is 1. The van der Waals surface area contributed by atoms with Crippen LogP contribution < -0.4 is 4.74 Å². The number of nitrogens with zero attached hydrogens (tertiary/aromatic N) is 4. The van der Waals surface area contributed by atoms with Gasteiger partial charge in [0.15, 0.2) is 0 Å². The van der Waals surface area contributed by atoms with Crippen LogP contribution in [0.4, 0.5) is 0 Å². The van der Waals surface area contributed by atoms with Crippen molar-refractivity contribution in [3.05, 3.63) is 59.9 Å². The molecule has 0 saturated carbocycles. The monoisotopic (exact) mass is 432 g/mol. The molecule has 1 saturated heterocycles. The molecule has 2 atom stereocenters. The summed E-state index contributed by atoms with van der Waals surface area (Å²) in [6, 6.07) is 15.8. The van der Waals surface area contributed by atoms with E-state index < -0.39 is 5.60 Å². The fourth-order valence-corrected chi connectivity index (χ4v) is 4.83. The molecule has 1 fully saturated rings. The molecular formula is C25H28N4O3. The van der Waals surface area contributed by atoms with E-state index in [-0.39, 0.29) is 11.8 Å². The molecule has 1 aromatic heterocycles. The predicted octanol–water partition coefficient (Wildman–Crippen LogP) is 3.87. The first-order valence-corrected chi connectivity index (χ1v) is 11.1. The summed E-state index contributed by atoms with van der Waals surface area (Å²) < 4.78 is 7.39. The number of fused-ring (bicyclic) bond motifs is 1. The van der Waals surface area contributed by atoms with Crippen LogP contribution in [-0.2, 0) is 16.7 Å². The molecule has 0 radical (unpaired) electrons. The Morgan fingerprint density at radius 1 is 1.19 bits per heavy atom. The number of aromatic nitrogens is 2. The molecule has 3 aromatic rings. The van der Waals surface area contributed by atoms with Gasteiger partial charge in [0.05, 0.1) is 23.9 Å². The standard InChI is InChI=1S/C25H28N4O3/c1-25(15-21(27-32-25)17-10-12-19(31-3)13-11-17)24(30)29-14-6-7-18(16-29)23-26-20-8-4-5-9-22(20)28(23)2/h4-5,8-13,18H,6-7,14-16H2,1-3H3. The Bertz CT molecular complexity index is 1180. The summed E-state index contributed by atoms with van der Waals surface area (Å²) in [4.78, 5) is 26.1. The van der Waals surface area contributed by atoms with Gasteiger partial charge in [-0.15, -0.1) is 0 Å². The van der Waals surface area contributed by atoms with Crippen LogP contribution in [0.15, 0.2) is 53.7 Å². The van der Waals surface area contributed by atoms with Crippen molar-refractivity contribution in [2.24, 2.45) is 12.2 Å². The molecule has 5 rings (SSSR count). The van der Waals surface area contributed by atoms with Crippen molar-refractivity contribution in [1.29, 1.82) is 0 Å². The van der Waals surface area contributed by atoms with Crippen molar-refractivity contribution in [1.82, 2.24) is 14.5 Å². The van der Waals surface area contributed by atoms with Crippen LogP contribution in [-0.4, -0.2) is 51.9 Å². The minimum absolute atomic E-state index is 0.00627. The van der Waals surface area contributed by atoms with Crippen LogP contribution in [0.3, 0.4) is 0 Å². The largest absolute Gasteiger partial charge is 0.497 e. The first-order valence-electron chi connectivity index (χ1n) is 11.1. The minimum Gasteiger partial charge on any atom is -0.497 e. The number of ether oxygens (including phenoxy) is 1. The fraction of sp³-hybridized carbons (Fsp3) is 0.400. The van der Waals surface area contributed by atoms with Crippen LogP contribution in [0.25, 0.3) is 11.0 Å². The van der Waals surface area contributed by atoms with Crippen LogP contribution >= 0.6 is 0 Å². The van der Waals surface area contributed by atoms with E-state index in [9.17, 15) is 4.79 Å². The average Bonchev–Trinajstić information content (AvgIpc) is 3.40. The van der Waals surface area contributed by atoms with E-state index in [2.05, 4.69) is 22.8 Å². The zero-order valence-corrected chi connectivity index (χ0v) is 18.7. The summed E-state index contributed by atoms with van der Waals surface area (Å²) in [5, 5.41) is 4.26. The van der Waals surface area contributed by atoms with Gasteiger partial charge in [-0.05, 0) is 61.7 Å². The van der Waals surface area contributed by atoms with Gasteiger partial charge in [0.2, 0.25) is 5.60 Å². The molecule has 7 heteroatoms. The molecule has 2 aromatic carbocycles. The Morgan fingerprint density at radius 2 is 1.97 bits per heavy atom. The molecule has 3 heterocycles. The third-order valence-electron chi connectivity index (χ3n) is 6.63. The lowest BCUT2D eigenvalue weighted by molar-refractivity contribution is -0.154. The molecule has 2 unspecified atom stereocenters. The number of benzene rings is 2. The van der Waals surface area contributed by atoms with E-state index in [1.54, 1.807) is 7.11 Å². The Kier molecular flexibility index (Phi) is 5.12. The van der Waals surface area contributed by atoms with Crippen molar-refractivity contribution in [2.75, 3.05) is 20.2 Å². The summed E-state index contributed by atoms with van der Waals surface area (Å²) in [7, 11) is 3.70. The second-order valence-electron chi connectivity index (χ2n) is 8.87. The zero-order valence-electron chi connectivity index (χ0n) is 18.7. The smallest absolute Gasteiger partial charge is 0.269 e. The Balaban J connectivity index is 1.31. The number of para-hydroxylation sites is 2. The summed E-state index contributed by atoms with van der Waals surface area (Å²) in [6.07, 6.45) is 2.42. The molecule has 32 heavy (non-hydrogen) atoms. The maximum atomic E-state index is 13.5. The molecule has 2 aliphatic rings. The fourth-order valence-electron chi connectivity index (χ4n) is 4.83. The van der Waals surface area contributed by atoms with Gasteiger partial charge in [-0.3, -0.25) is 4.79 Å². The Morgan fingerprint density at radius 3 is 2.72 bits per heavy atom. The van der Waals surface area contributed by atoms with Crippen molar-refractivity contribution >= 4 is 22.7 Å². The SMILES string of the molecule is COc1ccc(C2=NOC(C)(C(=O)N3CCCC(c4nc5ccccc5n4C)C3)C2)cc1. The number of likely N-dealkylation sites (tertiary alicyclic amines) is 1.